The van der Waals surface area contributed by atoms with E-state index in [1.807, 2.05) is 12.1 Å². The molecule has 0 aromatic heterocycles. The molecule has 0 unspecified atom stereocenters. The summed E-state index contributed by atoms with van der Waals surface area (Å²) in [5, 5.41) is 2.91. The SMILES string of the molecule is O=Nc1ccc(N2CCC3(CC2)OCCO3)cc1. The summed E-state index contributed by atoms with van der Waals surface area (Å²) >= 11 is 0. The zero-order valence-corrected chi connectivity index (χ0v) is 10.2. The Balaban J connectivity index is 1.66. The summed E-state index contributed by atoms with van der Waals surface area (Å²) < 4.78 is 11.4. The molecule has 0 N–H and O–H groups in total. The average Bonchev–Trinajstić information content (AvgIpc) is 2.88. The lowest BCUT2D eigenvalue weighted by atomic mass is 10.0. The normalized spacial score (nSPS) is 22.3. The van der Waals surface area contributed by atoms with Crippen molar-refractivity contribution >= 4 is 11.4 Å². The Hall–Kier alpha value is -1.46. The fraction of sp³-hybridized carbons (Fsp3) is 0.538. The molecule has 2 saturated heterocycles. The fourth-order valence-corrected chi connectivity index (χ4v) is 2.62. The van der Waals surface area contributed by atoms with Crippen LogP contribution in [0.15, 0.2) is 29.4 Å². The molecule has 5 heteroatoms. The van der Waals surface area contributed by atoms with Crippen LogP contribution in [0, 0.1) is 4.91 Å². The van der Waals surface area contributed by atoms with Crippen molar-refractivity contribution in [3.05, 3.63) is 29.2 Å². The average molecular weight is 248 g/mol. The number of hydrogen-bond acceptors (Lipinski definition) is 5. The Morgan fingerprint density at radius 2 is 1.67 bits per heavy atom. The minimum atomic E-state index is -0.333. The molecule has 2 fully saturated rings. The second-order valence-electron chi connectivity index (χ2n) is 4.70. The van der Waals surface area contributed by atoms with E-state index >= 15 is 0 Å². The first kappa shape index (κ1) is 11.6. The highest BCUT2D eigenvalue weighted by Crippen LogP contribution is 2.33. The summed E-state index contributed by atoms with van der Waals surface area (Å²) in [6, 6.07) is 7.36. The van der Waals surface area contributed by atoms with Gasteiger partial charge in [-0.1, -0.05) is 0 Å². The Morgan fingerprint density at radius 3 is 2.22 bits per heavy atom. The predicted octanol–water partition coefficient (Wildman–Crippen LogP) is 2.43. The molecule has 3 rings (SSSR count). The topological polar surface area (TPSA) is 51.1 Å². The Bertz CT molecular complexity index is 416. The summed E-state index contributed by atoms with van der Waals surface area (Å²) in [5.74, 6) is -0.333. The van der Waals surface area contributed by atoms with Crippen LogP contribution in [0.4, 0.5) is 11.4 Å². The maximum absolute atomic E-state index is 10.4. The van der Waals surface area contributed by atoms with Crippen molar-refractivity contribution in [3.63, 3.8) is 0 Å². The summed E-state index contributed by atoms with van der Waals surface area (Å²) in [7, 11) is 0. The lowest BCUT2D eigenvalue weighted by molar-refractivity contribution is -0.169. The number of piperidine rings is 1. The number of anilines is 1. The van der Waals surface area contributed by atoms with Crippen molar-refractivity contribution in [2.45, 2.75) is 18.6 Å². The minimum absolute atomic E-state index is 0.333. The highest BCUT2D eigenvalue weighted by atomic mass is 16.7. The van der Waals surface area contributed by atoms with Gasteiger partial charge >= 0.3 is 0 Å². The van der Waals surface area contributed by atoms with E-state index < -0.39 is 0 Å². The van der Waals surface area contributed by atoms with Crippen LogP contribution in [0.5, 0.6) is 0 Å². The van der Waals surface area contributed by atoms with Gasteiger partial charge in [0.05, 0.1) is 13.2 Å². The van der Waals surface area contributed by atoms with Gasteiger partial charge in [0.15, 0.2) is 5.79 Å². The summed E-state index contributed by atoms with van der Waals surface area (Å²) in [6.07, 6.45) is 1.78. The van der Waals surface area contributed by atoms with Gasteiger partial charge in [-0.05, 0) is 29.4 Å². The third-order valence-corrected chi connectivity index (χ3v) is 3.66. The molecular weight excluding hydrogens is 232 g/mol. The zero-order valence-electron chi connectivity index (χ0n) is 10.2. The van der Waals surface area contributed by atoms with E-state index in [1.54, 1.807) is 12.1 Å². The summed E-state index contributed by atoms with van der Waals surface area (Å²) in [6.45, 7) is 3.24. The molecule has 0 saturated carbocycles. The summed E-state index contributed by atoms with van der Waals surface area (Å²) in [5.41, 5.74) is 1.59. The molecule has 1 aromatic carbocycles. The first-order valence-electron chi connectivity index (χ1n) is 6.28. The second-order valence-corrected chi connectivity index (χ2v) is 4.70. The van der Waals surface area contributed by atoms with Crippen molar-refractivity contribution in [2.75, 3.05) is 31.2 Å². The molecule has 1 aromatic rings. The molecule has 2 aliphatic heterocycles. The van der Waals surface area contributed by atoms with Crippen LogP contribution in [0.2, 0.25) is 0 Å². The quantitative estimate of drug-likeness (QED) is 0.754. The molecule has 0 bridgehead atoms. The highest BCUT2D eigenvalue weighted by molar-refractivity contribution is 5.53. The van der Waals surface area contributed by atoms with Crippen molar-refractivity contribution in [3.8, 4) is 0 Å². The van der Waals surface area contributed by atoms with Gasteiger partial charge in [-0.3, -0.25) is 0 Å². The van der Waals surface area contributed by atoms with E-state index in [2.05, 4.69) is 10.1 Å². The summed E-state index contributed by atoms with van der Waals surface area (Å²) in [4.78, 5) is 12.6. The van der Waals surface area contributed by atoms with Crippen LogP contribution in [-0.2, 0) is 9.47 Å². The minimum Gasteiger partial charge on any atom is -0.371 e. The molecular formula is C13H16N2O3. The van der Waals surface area contributed by atoms with Gasteiger partial charge in [0, 0.05) is 31.6 Å². The Kier molecular flexibility index (Phi) is 3.01. The van der Waals surface area contributed by atoms with Crippen LogP contribution in [0.3, 0.4) is 0 Å². The van der Waals surface area contributed by atoms with E-state index in [1.165, 1.54) is 0 Å². The number of nitrogens with zero attached hydrogens (tertiary/aromatic N) is 2. The van der Waals surface area contributed by atoms with E-state index in [9.17, 15) is 4.91 Å². The van der Waals surface area contributed by atoms with Gasteiger partial charge in [-0.15, -0.1) is 4.91 Å². The van der Waals surface area contributed by atoms with Crippen molar-refractivity contribution in [1.82, 2.24) is 0 Å². The third-order valence-electron chi connectivity index (χ3n) is 3.66. The molecule has 18 heavy (non-hydrogen) atoms. The molecule has 2 aliphatic rings. The zero-order chi connectivity index (χ0) is 12.4. The van der Waals surface area contributed by atoms with Gasteiger partial charge in [0.25, 0.3) is 0 Å². The maximum atomic E-state index is 10.4. The second kappa shape index (κ2) is 4.66. The Morgan fingerprint density at radius 1 is 1.06 bits per heavy atom. The van der Waals surface area contributed by atoms with Crippen LogP contribution in [0.25, 0.3) is 0 Å². The van der Waals surface area contributed by atoms with Gasteiger partial charge in [0.1, 0.15) is 5.69 Å². The standard InChI is InChI=1S/C13H16N2O3/c16-14-11-1-3-12(4-2-11)15-7-5-13(6-8-15)17-9-10-18-13/h1-4H,5-10H2. The van der Waals surface area contributed by atoms with Crippen molar-refractivity contribution in [1.29, 1.82) is 0 Å². The number of ether oxygens (including phenoxy) is 2. The van der Waals surface area contributed by atoms with E-state index in [-0.39, 0.29) is 5.79 Å². The van der Waals surface area contributed by atoms with E-state index in [0.29, 0.717) is 18.9 Å². The van der Waals surface area contributed by atoms with Gasteiger partial charge in [0.2, 0.25) is 0 Å². The van der Waals surface area contributed by atoms with E-state index in [0.717, 1.165) is 31.6 Å². The predicted molar refractivity (Wildman–Crippen MR) is 68.0 cm³/mol. The third kappa shape index (κ3) is 2.11. The molecule has 5 nitrogen and oxygen atoms in total. The van der Waals surface area contributed by atoms with Crippen LogP contribution >= 0.6 is 0 Å². The molecule has 0 atom stereocenters. The van der Waals surface area contributed by atoms with Crippen LogP contribution in [0.1, 0.15) is 12.8 Å². The lowest BCUT2D eigenvalue weighted by Gasteiger charge is -2.38. The van der Waals surface area contributed by atoms with Gasteiger partial charge in [-0.2, -0.15) is 0 Å². The van der Waals surface area contributed by atoms with Crippen LogP contribution in [-0.4, -0.2) is 32.1 Å². The Labute approximate surface area is 106 Å². The van der Waals surface area contributed by atoms with Crippen molar-refractivity contribution < 1.29 is 9.47 Å². The maximum Gasteiger partial charge on any atom is 0.171 e. The smallest absolute Gasteiger partial charge is 0.171 e. The van der Waals surface area contributed by atoms with Crippen LogP contribution < -0.4 is 4.90 Å². The first-order valence-corrected chi connectivity index (χ1v) is 6.28. The molecule has 2 heterocycles. The molecule has 96 valence electrons. The molecule has 0 amide bonds. The van der Waals surface area contributed by atoms with Gasteiger partial charge < -0.3 is 14.4 Å². The lowest BCUT2D eigenvalue weighted by Crippen LogP contribution is -2.45. The number of hydrogen-bond donors (Lipinski definition) is 0. The monoisotopic (exact) mass is 248 g/mol. The molecule has 0 radical (unpaired) electrons. The number of nitroso groups, excluding NO2 is 1. The fourth-order valence-electron chi connectivity index (χ4n) is 2.62. The van der Waals surface area contributed by atoms with E-state index in [4.69, 9.17) is 9.47 Å². The first-order chi connectivity index (χ1) is 8.81. The largest absolute Gasteiger partial charge is 0.371 e. The molecule has 1 spiro atoms. The molecule has 0 aliphatic carbocycles. The number of rotatable bonds is 2. The van der Waals surface area contributed by atoms with Gasteiger partial charge in [-0.25, -0.2) is 0 Å². The number of benzene rings is 1. The van der Waals surface area contributed by atoms with Crippen molar-refractivity contribution in [2.24, 2.45) is 5.18 Å². The highest BCUT2D eigenvalue weighted by Gasteiger charge is 2.39.